The van der Waals surface area contributed by atoms with Gasteiger partial charge in [0, 0.05) is 22.9 Å². The molecule has 0 radical (unpaired) electrons. The zero-order valence-electron chi connectivity index (χ0n) is 9.94. The lowest BCUT2D eigenvalue weighted by Crippen LogP contribution is -2.41. The van der Waals surface area contributed by atoms with Gasteiger partial charge in [-0.2, -0.15) is 0 Å². The van der Waals surface area contributed by atoms with Gasteiger partial charge in [0.1, 0.15) is 5.75 Å². The summed E-state index contributed by atoms with van der Waals surface area (Å²) >= 11 is 9.41. The summed E-state index contributed by atoms with van der Waals surface area (Å²) in [5.41, 5.74) is 0. The minimum Gasteiger partial charge on any atom is -0.484 e. The third kappa shape index (κ3) is 3.89. The van der Waals surface area contributed by atoms with Crippen molar-refractivity contribution in [3.05, 3.63) is 29.3 Å². The number of piperidine rings is 1. The largest absolute Gasteiger partial charge is 0.484 e. The first-order valence-corrected chi connectivity index (χ1v) is 7.25. The fraction of sp³-hybridized carbons (Fsp3) is 0.462. The van der Waals surface area contributed by atoms with Crippen LogP contribution < -0.4 is 4.74 Å². The SMILES string of the molecule is O=C(COc1cccc(Cl)c1)N1CCC(Br)CC1. The van der Waals surface area contributed by atoms with Crippen molar-refractivity contribution in [1.29, 1.82) is 0 Å². The first-order chi connectivity index (χ1) is 8.65. The fourth-order valence-electron chi connectivity index (χ4n) is 1.89. The van der Waals surface area contributed by atoms with Crippen LogP contribution >= 0.6 is 27.5 Å². The van der Waals surface area contributed by atoms with E-state index in [0.717, 1.165) is 25.9 Å². The van der Waals surface area contributed by atoms with Crippen molar-refractivity contribution in [2.45, 2.75) is 17.7 Å². The Morgan fingerprint density at radius 2 is 2.17 bits per heavy atom. The molecule has 1 aliphatic heterocycles. The van der Waals surface area contributed by atoms with Gasteiger partial charge in [-0.25, -0.2) is 0 Å². The Labute approximate surface area is 120 Å². The van der Waals surface area contributed by atoms with E-state index in [1.54, 1.807) is 24.3 Å². The summed E-state index contributed by atoms with van der Waals surface area (Å²) < 4.78 is 5.44. The van der Waals surface area contributed by atoms with Crippen molar-refractivity contribution in [3.8, 4) is 5.75 Å². The quantitative estimate of drug-likeness (QED) is 0.796. The molecule has 1 aromatic carbocycles. The molecule has 0 bridgehead atoms. The second-order valence-electron chi connectivity index (χ2n) is 4.30. The second kappa shape index (κ2) is 6.43. The van der Waals surface area contributed by atoms with Gasteiger partial charge in [0.15, 0.2) is 6.61 Å². The Hall–Kier alpha value is -0.740. The number of nitrogens with zero attached hydrogens (tertiary/aromatic N) is 1. The molecule has 0 unspecified atom stereocenters. The maximum Gasteiger partial charge on any atom is 0.260 e. The van der Waals surface area contributed by atoms with Crippen LogP contribution in [0.3, 0.4) is 0 Å². The van der Waals surface area contributed by atoms with Gasteiger partial charge in [-0.15, -0.1) is 0 Å². The molecule has 0 aliphatic carbocycles. The molecule has 1 saturated heterocycles. The summed E-state index contributed by atoms with van der Waals surface area (Å²) in [6, 6.07) is 7.08. The summed E-state index contributed by atoms with van der Waals surface area (Å²) in [5.74, 6) is 0.667. The summed E-state index contributed by atoms with van der Waals surface area (Å²) in [6.45, 7) is 1.68. The number of hydrogen-bond acceptors (Lipinski definition) is 2. The van der Waals surface area contributed by atoms with Crippen molar-refractivity contribution in [2.75, 3.05) is 19.7 Å². The minimum absolute atomic E-state index is 0.0365. The van der Waals surface area contributed by atoms with Gasteiger partial charge in [0.25, 0.3) is 5.91 Å². The normalized spacial score (nSPS) is 16.7. The third-order valence-electron chi connectivity index (χ3n) is 2.94. The van der Waals surface area contributed by atoms with Gasteiger partial charge < -0.3 is 9.64 Å². The molecule has 0 atom stereocenters. The van der Waals surface area contributed by atoms with E-state index in [-0.39, 0.29) is 12.5 Å². The number of amides is 1. The molecule has 1 aromatic rings. The maximum absolute atomic E-state index is 11.9. The molecule has 0 spiro atoms. The predicted molar refractivity (Wildman–Crippen MR) is 75.5 cm³/mol. The number of carbonyl (C=O) groups is 1. The number of carbonyl (C=O) groups excluding carboxylic acids is 1. The molecule has 1 heterocycles. The van der Waals surface area contributed by atoms with Crippen LogP contribution in [-0.4, -0.2) is 35.3 Å². The van der Waals surface area contributed by atoms with Crippen LogP contribution in [0, 0.1) is 0 Å². The average Bonchev–Trinajstić information content (AvgIpc) is 2.37. The smallest absolute Gasteiger partial charge is 0.260 e. The molecule has 1 fully saturated rings. The molecule has 1 amide bonds. The average molecular weight is 333 g/mol. The van der Waals surface area contributed by atoms with E-state index < -0.39 is 0 Å². The van der Waals surface area contributed by atoms with Gasteiger partial charge in [-0.3, -0.25) is 4.79 Å². The number of halogens is 2. The molecule has 0 N–H and O–H groups in total. The molecule has 0 saturated carbocycles. The summed E-state index contributed by atoms with van der Waals surface area (Å²) in [6.07, 6.45) is 2.01. The Kier molecular flexibility index (Phi) is 4.89. The number of likely N-dealkylation sites (tertiary alicyclic amines) is 1. The van der Waals surface area contributed by atoms with E-state index in [1.807, 2.05) is 4.90 Å². The van der Waals surface area contributed by atoms with Gasteiger partial charge in [-0.05, 0) is 31.0 Å². The number of ether oxygens (including phenoxy) is 1. The molecule has 1 aliphatic rings. The van der Waals surface area contributed by atoms with Crippen molar-refractivity contribution >= 4 is 33.4 Å². The topological polar surface area (TPSA) is 29.5 Å². The predicted octanol–water partition coefficient (Wildman–Crippen LogP) is 3.10. The number of hydrogen-bond donors (Lipinski definition) is 0. The highest BCUT2D eigenvalue weighted by molar-refractivity contribution is 9.09. The zero-order valence-corrected chi connectivity index (χ0v) is 12.3. The summed E-state index contributed by atoms with van der Waals surface area (Å²) in [4.78, 5) is 14.3. The van der Waals surface area contributed by atoms with Crippen molar-refractivity contribution in [3.63, 3.8) is 0 Å². The Morgan fingerprint density at radius 3 is 2.83 bits per heavy atom. The molecular weight excluding hydrogens is 318 g/mol. The lowest BCUT2D eigenvalue weighted by Gasteiger charge is -2.29. The minimum atomic E-state index is 0.0365. The van der Waals surface area contributed by atoms with Crippen LogP contribution in [0.4, 0.5) is 0 Å². The first-order valence-electron chi connectivity index (χ1n) is 5.95. The van der Waals surface area contributed by atoms with Crippen LogP contribution in [0.15, 0.2) is 24.3 Å². The maximum atomic E-state index is 11.9. The van der Waals surface area contributed by atoms with Gasteiger partial charge in [-0.1, -0.05) is 33.6 Å². The van der Waals surface area contributed by atoms with E-state index in [2.05, 4.69) is 15.9 Å². The van der Waals surface area contributed by atoms with E-state index in [0.29, 0.717) is 15.6 Å². The van der Waals surface area contributed by atoms with Crippen LogP contribution in [0.5, 0.6) is 5.75 Å². The lowest BCUT2D eigenvalue weighted by atomic mass is 10.1. The monoisotopic (exact) mass is 331 g/mol. The summed E-state index contributed by atoms with van der Waals surface area (Å²) in [7, 11) is 0. The zero-order chi connectivity index (χ0) is 13.0. The first kappa shape index (κ1) is 13.7. The van der Waals surface area contributed by atoms with Crippen molar-refractivity contribution < 1.29 is 9.53 Å². The van der Waals surface area contributed by atoms with Crippen LogP contribution in [0.2, 0.25) is 5.02 Å². The Bertz CT molecular complexity index is 419. The Morgan fingerprint density at radius 1 is 1.44 bits per heavy atom. The van der Waals surface area contributed by atoms with E-state index >= 15 is 0 Å². The van der Waals surface area contributed by atoms with Gasteiger partial charge >= 0.3 is 0 Å². The number of alkyl halides is 1. The number of rotatable bonds is 3. The molecule has 98 valence electrons. The van der Waals surface area contributed by atoms with Crippen molar-refractivity contribution in [2.24, 2.45) is 0 Å². The van der Waals surface area contributed by atoms with Gasteiger partial charge in [0.05, 0.1) is 0 Å². The number of benzene rings is 1. The van der Waals surface area contributed by atoms with Gasteiger partial charge in [0.2, 0.25) is 0 Å². The Balaban J connectivity index is 1.81. The molecular formula is C13H15BrClNO2. The summed E-state index contributed by atoms with van der Waals surface area (Å²) in [5, 5.41) is 0.611. The highest BCUT2D eigenvalue weighted by Crippen LogP contribution is 2.19. The van der Waals surface area contributed by atoms with Crippen LogP contribution in [0.25, 0.3) is 0 Å². The van der Waals surface area contributed by atoms with Crippen LogP contribution in [0.1, 0.15) is 12.8 Å². The molecule has 3 nitrogen and oxygen atoms in total. The molecule has 18 heavy (non-hydrogen) atoms. The van der Waals surface area contributed by atoms with E-state index in [4.69, 9.17) is 16.3 Å². The fourth-order valence-corrected chi connectivity index (χ4v) is 2.48. The molecule has 2 rings (SSSR count). The standard InChI is InChI=1S/C13H15BrClNO2/c14-10-4-6-16(7-5-10)13(17)9-18-12-3-1-2-11(15)8-12/h1-3,8,10H,4-7,9H2. The molecule has 0 aromatic heterocycles. The van der Waals surface area contributed by atoms with E-state index in [9.17, 15) is 4.79 Å². The lowest BCUT2D eigenvalue weighted by molar-refractivity contribution is -0.134. The second-order valence-corrected chi connectivity index (χ2v) is 6.03. The highest BCUT2D eigenvalue weighted by Gasteiger charge is 2.21. The third-order valence-corrected chi connectivity index (χ3v) is 4.09. The highest BCUT2D eigenvalue weighted by atomic mass is 79.9. The van der Waals surface area contributed by atoms with E-state index in [1.165, 1.54) is 0 Å². The molecule has 5 heteroatoms. The van der Waals surface area contributed by atoms with Crippen molar-refractivity contribution in [1.82, 2.24) is 4.90 Å². The van der Waals surface area contributed by atoms with Crippen LogP contribution in [-0.2, 0) is 4.79 Å².